The van der Waals surface area contributed by atoms with Gasteiger partial charge in [-0.1, -0.05) is 0 Å². The quantitative estimate of drug-likeness (QED) is 0.782. The van der Waals surface area contributed by atoms with Gasteiger partial charge in [0.15, 0.2) is 0 Å². The number of hydrogen-bond donors (Lipinski definition) is 3. The van der Waals surface area contributed by atoms with Crippen molar-refractivity contribution in [2.24, 2.45) is 0 Å². The number of anilines is 2. The first kappa shape index (κ1) is 15.1. The van der Waals surface area contributed by atoms with Gasteiger partial charge in [0, 0.05) is 25.2 Å². The second kappa shape index (κ2) is 6.51. The molecular formula is C14H19N7O2. The van der Waals surface area contributed by atoms with E-state index in [2.05, 4.69) is 25.5 Å². The summed E-state index contributed by atoms with van der Waals surface area (Å²) in [5.74, 6) is 1.69. The number of H-pyrrole nitrogens is 1. The highest BCUT2D eigenvalue weighted by atomic mass is 16.5. The van der Waals surface area contributed by atoms with E-state index in [1.165, 1.54) is 7.11 Å². The van der Waals surface area contributed by atoms with Gasteiger partial charge in [0.1, 0.15) is 11.5 Å². The molecule has 9 heteroatoms. The molecule has 0 bridgehead atoms. The number of ether oxygens (including phenoxy) is 1. The summed E-state index contributed by atoms with van der Waals surface area (Å²) in [4.78, 5) is 22.3. The number of carbonyl (C=O) groups is 1. The first-order valence-electron chi connectivity index (χ1n) is 7.40. The van der Waals surface area contributed by atoms with Gasteiger partial charge in [0.05, 0.1) is 7.11 Å². The Morgan fingerprint density at radius 1 is 1.48 bits per heavy atom. The normalized spacial score (nSPS) is 15.4. The van der Waals surface area contributed by atoms with Crippen LogP contribution in [0.5, 0.6) is 5.88 Å². The average molecular weight is 317 g/mol. The molecule has 4 N–H and O–H groups in total. The maximum Gasteiger partial charge on any atom is 0.321 e. The highest BCUT2D eigenvalue weighted by Gasteiger charge is 2.26. The van der Waals surface area contributed by atoms with Crippen LogP contribution in [0.15, 0.2) is 18.3 Å². The van der Waals surface area contributed by atoms with E-state index in [1.807, 2.05) is 0 Å². The molecule has 2 amide bonds. The number of nitrogens with zero attached hydrogens (tertiary/aromatic N) is 4. The molecule has 0 aromatic carbocycles. The van der Waals surface area contributed by atoms with E-state index >= 15 is 0 Å². The zero-order chi connectivity index (χ0) is 16.2. The molecule has 0 spiro atoms. The number of methoxy groups -OCH3 is 1. The lowest BCUT2D eigenvalue weighted by molar-refractivity contribution is 0.193. The van der Waals surface area contributed by atoms with Crippen molar-refractivity contribution in [3.8, 4) is 5.88 Å². The standard InChI is InChI=1S/C14H19N7O2/c1-23-12-10(3-2-6-16-12)17-14(22)21-7-4-9(5-8-21)11-18-13(15)20-19-11/h2-3,6,9H,4-5,7-8H2,1H3,(H,17,22)(H3,15,18,19,20). The molecule has 0 unspecified atom stereocenters. The third-order valence-electron chi connectivity index (χ3n) is 3.89. The van der Waals surface area contributed by atoms with Crippen molar-refractivity contribution in [1.29, 1.82) is 0 Å². The minimum absolute atomic E-state index is 0.160. The molecule has 0 radical (unpaired) electrons. The molecular weight excluding hydrogens is 298 g/mol. The number of nitrogens with two attached hydrogens (primary N) is 1. The highest BCUT2D eigenvalue weighted by Crippen LogP contribution is 2.27. The van der Waals surface area contributed by atoms with Gasteiger partial charge in [0.2, 0.25) is 11.8 Å². The van der Waals surface area contributed by atoms with Crippen molar-refractivity contribution in [2.75, 3.05) is 31.2 Å². The van der Waals surface area contributed by atoms with E-state index < -0.39 is 0 Å². The molecule has 2 aromatic heterocycles. The number of aromatic amines is 1. The van der Waals surface area contributed by atoms with Crippen LogP contribution in [-0.4, -0.2) is 51.3 Å². The summed E-state index contributed by atoms with van der Waals surface area (Å²) in [7, 11) is 1.52. The second-order valence-electron chi connectivity index (χ2n) is 5.33. The number of pyridine rings is 1. The molecule has 9 nitrogen and oxygen atoms in total. The Balaban J connectivity index is 1.58. The zero-order valence-corrected chi connectivity index (χ0v) is 12.8. The lowest BCUT2D eigenvalue weighted by Gasteiger charge is -2.31. The number of hydrogen-bond acceptors (Lipinski definition) is 6. The largest absolute Gasteiger partial charge is 0.480 e. The predicted octanol–water partition coefficient (Wildman–Crippen LogP) is 1.20. The van der Waals surface area contributed by atoms with Crippen molar-refractivity contribution >= 4 is 17.7 Å². The van der Waals surface area contributed by atoms with E-state index in [-0.39, 0.29) is 17.9 Å². The number of urea groups is 1. The van der Waals surface area contributed by atoms with Gasteiger partial charge < -0.3 is 20.7 Å². The Hall–Kier alpha value is -2.84. The van der Waals surface area contributed by atoms with Gasteiger partial charge in [-0.3, -0.25) is 5.10 Å². The number of amides is 2. The summed E-state index contributed by atoms with van der Waals surface area (Å²) in [6.45, 7) is 1.28. The lowest BCUT2D eigenvalue weighted by Crippen LogP contribution is -2.40. The Labute approximate surface area is 133 Å². The van der Waals surface area contributed by atoms with Crippen molar-refractivity contribution in [3.63, 3.8) is 0 Å². The molecule has 2 aromatic rings. The van der Waals surface area contributed by atoms with Crippen LogP contribution >= 0.6 is 0 Å². The third kappa shape index (κ3) is 3.33. The molecule has 23 heavy (non-hydrogen) atoms. The monoisotopic (exact) mass is 317 g/mol. The third-order valence-corrected chi connectivity index (χ3v) is 3.89. The first-order valence-corrected chi connectivity index (χ1v) is 7.40. The maximum absolute atomic E-state index is 12.4. The fourth-order valence-corrected chi connectivity index (χ4v) is 2.67. The highest BCUT2D eigenvalue weighted by molar-refractivity contribution is 5.90. The van der Waals surface area contributed by atoms with Crippen molar-refractivity contribution in [3.05, 3.63) is 24.2 Å². The molecule has 1 saturated heterocycles. The van der Waals surface area contributed by atoms with Gasteiger partial charge in [-0.2, -0.15) is 4.98 Å². The van der Waals surface area contributed by atoms with Crippen LogP contribution in [0.1, 0.15) is 24.6 Å². The number of rotatable bonds is 3. The summed E-state index contributed by atoms with van der Waals surface area (Å²) in [6.07, 6.45) is 3.24. The van der Waals surface area contributed by atoms with Gasteiger partial charge in [-0.05, 0) is 25.0 Å². The Kier molecular flexibility index (Phi) is 4.26. The minimum atomic E-state index is -0.160. The Bertz CT molecular complexity index is 679. The number of nitrogen functional groups attached to an aromatic ring is 1. The molecule has 1 aliphatic rings. The van der Waals surface area contributed by atoms with E-state index in [0.717, 1.165) is 18.7 Å². The SMILES string of the molecule is COc1ncccc1NC(=O)N1CCC(c2nc(N)n[nH]2)CC1. The molecule has 0 atom stereocenters. The molecule has 0 saturated carbocycles. The fourth-order valence-electron chi connectivity index (χ4n) is 2.67. The fraction of sp³-hybridized carbons (Fsp3) is 0.429. The molecule has 122 valence electrons. The van der Waals surface area contributed by atoms with Gasteiger partial charge in [0.25, 0.3) is 0 Å². The molecule has 0 aliphatic carbocycles. The van der Waals surface area contributed by atoms with Crippen LogP contribution in [0.3, 0.4) is 0 Å². The van der Waals surface area contributed by atoms with Crippen LogP contribution in [-0.2, 0) is 0 Å². The predicted molar refractivity (Wildman–Crippen MR) is 84.2 cm³/mol. The molecule has 1 aliphatic heterocycles. The van der Waals surface area contributed by atoms with Crippen molar-refractivity contribution in [1.82, 2.24) is 25.1 Å². The average Bonchev–Trinajstić information content (AvgIpc) is 3.02. The molecule has 1 fully saturated rings. The van der Waals surface area contributed by atoms with E-state index in [1.54, 1.807) is 23.2 Å². The summed E-state index contributed by atoms with van der Waals surface area (Å²) >= 11 is 0. The number of likely N-dealkylation sites (tertiary alicyclic amines) is 1. The van der Waals surface area contributed by atoms with Crippen molar-refractivity contribution in [2.45, 2.75) is 18.8 Å². The van der Waals surface area contributed by atoms with Gasteiger partial charge in [-0.25, -0.2) is 9.78 Å². The zero-order valence-electron chi connectivity index (χ0n) is 12.8. The van der Waals surface area contributed by atoms with Crippen molar-refractivity contribution < 1.29 is 9.53 Å². The first-order chi connectivity index (χ1) is 11.2. The van der Waals surface area contributed by atoms with Crippen LogP contribution in [0.2, 0.25) is 0 Å². The summed E-state index contributed by atoms with van der Waals surface area (Å²) in [6, 6.07) is 3.35. The van der Waals surface area contributed by atoms with E-state index in [9.17, 15) is 4.79 Å². The molecule has 3 heterocycles. The second-order valence-corrected chi connectivity index (χ2v) is 5.33. The Morgan fingerprint density at radius 2 is 2.26 bits per heavy atom. The number of carbonyl (C=O) groups excluding carboxylic acids is 1. The van der Waals surface area contributed by atoms with Crippen LogP contribution < -0.4 is 15.8 Å². The van der Waals surface area contributed by atoms with E-state index in [0.29, 0.717) is 24.7 Å². The smallest absolute Gasteiger partial charge is 0.321 e. The summed E-state index contributed by atoms with van der Waals surface area (Å²) < 4.78 is 5.14. The van der Waals surface area contributed by atoms with Crippen LogP contribution in [0.4, 0.5) is 16.4 Å². The Morgan fingerprint density at radius 3 is 2.91 bits per heavy atom. The number of aromatic nitrogens is 4. The van der Waals surface area contributed by atoms with Crippen LogP contribution in [0, 0.1) is 0 Å². The van der Waals surface area contributed by atoms with E-state index in [4.69, 9.17) is 10.5 Å². The molecule has 3 rings (SSSR count). The number of piperidine rings is 1. The lowest BCUT2D eigenvalue weighted by atomic mass is 9.96. The minimum Gasteiger partial charge on any atom is -0.480 e. The van der Waals surface area contributed by atoms with Gasteiger partial charge >= 0.3 is 6.03 Å². The summed E-state index contributed by atoms with van der Waals surface area (Å²) in [5, 5.41) is 9.53. The van der Waals surface area contributed by atoms with Gasteiger partial charge in [-0.15, -0.1) is 5.10 Å². The summed E-state index contributed by atoms with van der Waals surface area (Å²) in [5.41, 5.74) is 6.09. The number of nitrogens with one attached hydrogen (secondary N) is 2. The maximum atomic E-state index is 12.4. The topological polar surface area (TPSA) is 122 Å². The van der Waals surface area contributed by atoms with Crippen LogP contribution in [0.25, 0.3) is 0 Å².